The van der Waals surface area contributed by atoms with Gasteiger partial charge in [-0.25, -0.2) is 0 Å². The lowest BCUT2D eigenvalue weighted by Gasteiger charge is -2.42. The van der Waals surface area contributed by atoms with E-state index in [9.17, 15) is 4.79 Å². The molecule has 1 saturated heterocycles. The standard InChI is InChI=1S/C29H33N3O/c1-21(2)30-28(33)19-29(23-8-4-3-5-9-23)14-16-32(17-15-29)20-22-12-13-27-25(18-22)24-10-6-7-11-26(24)31-27/h3-13,18,21,31H,14-17,19-20H2,1-2H3,(H,30,33). The smallest absolute Gasteiger partial charge is 0.221 e. The van der Waals surface area contributed by atoms with Gasteiger partial charge in [0.25, 0.3) is 0 Å². The van der Waals surface area contributed by atoms with Crippen LogP contribution in [0.15, 0.2) is 72.8 Å². The molecule has 0 saturated carbocycles. The molecular weight excluding hydrogens is 406 g/mol. The summed E-state index contributed by atoms with van der Waals surface area (Å²) in [4.78, 5) is 18.8. The van der Waals surface area contributed by atoms with Crippen LogP contribution in [0.3, 0.4) is 0 Å². The molecule has 1 amide bonds. The number of carbonyl (C=O) groups is 1. The van der Waals surface area contributed by atoms with Gasteiger partial charge in [0.2, 0.25) is 5.91 Å². The molecule has 1 fully saturated rings. The van der Waals surface area contributed by atoms with E-state index in [0.717, 1.165) is 32.5 Å². The summed E-state index contributed by atoms with van der Waals surface area (Å²) < 4.78 is 0. The summed E-state index contributed by atoms with van der Waals surface area (Å²) >= 11 is 0. The number of hydrogen-bond acceptors (Lipinski definition) is 2. The molecule has 0 unspecified atom stereocenters. The summed E-state index contributed by atoms with van der Waals surface area (Å²) in [6.07, 6.45) is 2.56. The van der Waals surface area contributed by atoms with Gasteiger partial charge in [-0.15, -0.1) is 0 Å². The monoisotopic (exact) mass is 439 g/mol. The highest BCUT2D eigenvalue weighted by molar-refractivity contribution is 6.07. The molecule has 0 bridgehead atoms. The average molecular weight is 440 g/mol. The van der Waals surface area contributed by atoms with Crippen molar-refractivity contribution < 1.29 is 4.79 Å². The Kier molecular flexibility index (Phi) is 5.94. The molecule has 33 heavy (non-hydrogen) atoms. The highest BCUT2D eigenvalue weighted by Gasteiger charge is 2.38. The number of aromatic amines is 1. The molecule has 2 N–H and O–H groups in total. The molecule has 4 nitrogen and oxygen atoms in total. The summed E-state index contributed by atoms with van der Waals surface area (Å²) in [5.41, 5.74) is 4.94. The molecule has 0 atom stereocenters. The van der Waals surface area contributed by atoms with Crippen LogP contribution in [0.4, 0.5) is 0 Å². The second-order valence-corrected chi connectivity index (χ2v) is 9.87. The number of nitrogens with zero attached hydrogens (tertiary/aromatic N) is 1. The van der Waals surface area contributed by atoms with Gasteiger partial charge in [-0.2, -0.15) is 0 Å². The van der Waals surface area contributed by atoms with E-state index < -0.39 is 0 Å². The number of aromatic nitrogens is 1. The van der Waals surface area contributed by atoms with Crippen molar-refractivity contribution in [3.8, 4) is 0 Å². The number of H-pyrrole nitrogens is 1. The van der Waals surface area contributed by atoms with E-state index in [0.29, 0.717) is 6.42 Å². The lowest BCUT2D eigenvalue weighted by molar-refractivity contribution is -0.123. The van der Waals surface area contributed by atoms with Crippen LogP contribution in [0.1, 0.15) is 44.2 Å². The van der Waals surface area contributed by atoms with Crippen molar-refractivity contribution in [1.29, 1.82) is 0 Å². The fourth-order valence-electron chi connectivity index (χ4n) is 5.43. The van der Waals surface area contributed by atoms with E-state index in [1.165, 1.54) is 32.9 Å². The number of fused-ring (bicyclic) bond motifs is 3. The summed E-state index contributed by atoms with van der Waals surface area (Å²) in [5.74, 6) is 0.159. The van der Waals surface area contributed by atoms with Crippen molar-refractivity contribution in [2.45, 2.75) is 51.1 Å². The summed E-state index contributed by atoms with van der Waals surface area (Å²) in [6, 6.07) is 26.1. The highest BCUT2D eigenvalue weighted by atomic mass is 16.1. The molecule has 1 aliphatic heterocycles. The van der Waals surface area contributed by atoms with E-state index in [4.69, 9.17) is 0 Å². The first-order valence-corrected chi connectivity index (χ1v) is 12.1. The van der Waals surface area contributed by atoms with Crippen LogP contribution in [0.2, 0.25) is 0 Å². The van der Waals surface area contributed by atoms with Gasteiger partial charge in [-0.1, -0.05) is 54.6 Å². The van der Waals surface area contributed by atoms with E-state index in [1.54, 1.807) is 0 Å². The molecule has 170 valence electrons. The third-order valence-electron chi connectivity index (χ3n) is 7.12. The normalized spacial score (nSPS) is 16.5. The molecule has 1 aliphatic rings. The van der Waals surface area contributed by atoms with Crippen LogP contribution in [0.25, 0.3) is 21.8 Å². The molecule has 2 heterocycles. The number of rotatable bonds is 6. The SMILES string of the molecule is CC(C)NC(=O)CC1(c2ccccc2)CCN(Cc2ccc3[nH]c4ccccc4c3c2)CC1. The van der Waals surface area contributed by atoms with Crippen LogP contribution >= 0.6 is 0 Å². The first-order valence-electron chi connectivity index (χ1n) is 12.1. The van der Waals surface area contributed by atoms with Crippen LogP contribution < -0.4 is 5.32 Å². The van der Waals surface area contributed by atoms with Crippen molar-refractivity contribution in [3.05, 3.63) is 83.9 Å². The van der Waals surface area contributed by atoms with Gasteiger partial charge in [0.15, 0.2) is 0 Å². The van der Waals surface area contributed by atoms with Gasteiger partial charge in [0, 0.05) is 46.2 Å². The van der Waals surface area contributed by atoms with E-state index in [2.05, 4.69) is 88.0 Å². The molecule has 0 radical (unpaired) electrons. The predicted octanol–water partition coefficient (Wildman–Crippen LogP) is 5.77. The van der Waals surface area contributed by atoms with Gasteiger partial charge in [0.1, 0.15) is 0 Å². The number of amides is 1. The quantitative estimate of drug-likeness (QED) is 0.401. The van der Waals surface area contributed by atoms with Crippen molar-refractivity contribution in [3.63, 3.8) is 0 Å². The fourth-order valence-corrected chi connectivity index (χ4v) is 5.43. The third kappa shape index (κ3) is 4.53. The minimum Gasteiger partial charge on any atom is -0.355 e. The van der Waals surface area contributed by atoms with Crippen LogP contribution in [0.5, 0.6) is 0 Å². The zero-order valence-electron chi connectivity index (χ0n) is 19.6. The maximum absolute atomic E-state index is 12.8. The Labute approximate surface area is 196 Å². The fraction of sp³-hybridized carbons (Fsp3) is 0.345. The minimum atomic E-state index is -0.0858. The van der Waals surface area contributed by atoms with Gasteiger partial charge in [-0.3, -0.25) is 9.69 Å². The zero-order chi connectivity index (χ0) is 22.8. The van der Waals surface area contributed by atoms with Crippen molar-refractivity contribution in [2.24, 2.45) is 0 Å². The first kappa shape index (κ1) is 21.7. The summed E-state index contributed by atoms with van der Waals surface area (Å²) in [5, 5.41) is 5.69. The molecule has 4 aromatic rings. The number of benzene rings is 3. The van der Waals surface area contributed by atoms with Crippen LogP contribution in [0, 0.1) is 0 Å². The Morgan fingerprint density at radius 1 is 0.939 bits per heavy atom. The molecule has 3 aromatic carbocycles. The van der Waals surface area contributed by atoms with E-state index >= 15 is 0 Å². The lowest BCUT2D eigenvalue weighted by Crippen LogP contribution is -2.45. The van der Waals surface area contributed by atoms with Crippen molar-refractivity contribution in [2.75, 3.05) is 13.1 Å². The Hall–Kier alpha value is -3.11. The number of nitrogens with one attached hydrogen (secondary N) is 2. The van der Waals surface area contributed by atoms with E-state index in [1.807, 2.05) is 13.8 Å². The minimum absolute atomic E-state index is 0.0858. The molecule has 0 spiro atoms. The highest BCUT2D eigenvalue weighted by Crippen LogP contribution is 2.39. The number of carbonyl (C=O) groups excluding carboxylic acids is 1. The lowest BCUT2D eigenvalue weighted by atomic mass is 9.70. The Bertz CT molecular complexity index is 1250. The molecule has 1 aromatic heterocycles. The van der Waals surface area contributed by atoms with Crippen molar-refractivity contribution >= 4 is 27.7 Å². The maximum atomic E-state index is 12.8. The first-order chi connectivity index (χ1) is 16.0. The Morgan fingerprint density at radius 3 is 2.39 bits per heavy atom. The topological polar surface area (TPSA) is 48.1 Å². The third-order valence-corrected chi connectivity index (χ3v) is 7.12. The molecule has 5 rings (SSSR count). The zero-order valence-corrected chi connectivity index (χ0v) is 19.6. The van der Waals surface area contributed by atoms with Gasteiger partial charge < -0.3 is 10.3 Å². The Morgan fingerprint density at radius 2 is 1.64 bits per heavy atom. The molecule has 0 aliphatic carbocycles. The second-order valence-electron chi connectivity index (χ2n) is 9.87. The van der Waals surface area contributed by atoms with E-state index in [-0.39, 0.29) is 17.4 Å². The van der Waals surface area contributed by atoms with Crippen LogP contribution in [-0.4, -0.2) is 34.9 Å². The summed E-state index contributed by atoms with van der Waals surface area (Å²) in [6.45, 7) is 6.99. The van der Waals surface area contributed by atoms with Crippen LogP contribution in [-0.2, 0) is 16.8 Å². The second kappa shape index (κ2) is 9.03. The van der Waals surface area contributed by atoms with Gasteiger partial charge in [-0.05, 0) is 69.1 Å². The Balaban J connectivity index is 1.33. The van der Waals surface area contributed by atoms with Gasteiger partial charge in [0.05, 0.1) is 0 Å². The molecular formula is C29H33N3O. The number of piperidine rings is 1. The maximum Gasteiger partial charge on any atom is 0.221 e. The average Bonchev–Trinajstić information content (AvgIpc) is 3.18. The van der Waals surface area contributed by atoms with Gasteiger partial charge >= 0.3 is 0 Å². The number of hydrogen-bond donors (Lipinski definition) is 2. The van der Waals surface area contributed by atoms with Crippen molar-refractivity contribution in [1.82, 2.24) is 15.2 Å². The molecule has 4 heteroatoms. The number of para-hydroxylation sites is 1. The largest absolute Gasteiger partial charge is 0.355 e. The predicted molar refractivity (Wildman–Crippen MR) is 136 cm³/mol. The number of likely N-dealkylation sites (tertiary alicyclic amines) is 1. The summed E-state index contributed by atoms with van der Waals surface area (Å²) in [7, 11) is 0.